The summed E-state index contributed by atoms with van der Waals surface area (Å²) in [7, 11) is 0. The van der Waals surface area contributed by atoms with E-state index >= 15 is 0 Å². The fourth-order valence-corrected chi connectivity index (χ4v) is 2.62. The molecule has 4 N–H and O–H groups in total. The molecule has 3 rings (SSSR count). The molecule has 13 heteroatoms. The first-order valence-electron chi connectivity index (χ1n) is 8.41. The van der Waals surface area contributed by atoms with Crippen LogP contribution >= 0.6 is 15.9 Å². The van der Waals surface area contributed by atoms with Crippen molar-refractivity contribution in [1.29, 1.82) is 0 Å². The molecule has 0 radical (unpaired) electrons. The van der Waals surface area contributed by atoms with Crippen molar-refractivity contribution < 1.29 is 19.3 Å². The number of hydroxylamine groups is 1. The Morgan fingerprint density at radius 3 is 2.83 bits per heavy atom. The van der Waals surface area contributed by atoms with Crippen LogP contribution in [0.2, 0.25) is 0 Å². The first-order valence-corrected chi connectivity index (χ1v) is 9.21. The second kappa shape index (κ2) is 8.63. The first-order chi connectivity index (χ1) is 13.8. The van der Waals surface area contributed by atoms with Crippen molar-refractivity contribution in [2.45, 2.75) is 26.0 Å². The smallest absolute Gasteiger partial charge is 0.202 e. The quantitative estimate of drug-likeness (QED) is 0.232. The van der Waals surface area contributed by atoms with E-state index in [2.05, 4.69) is 46.9 Å². The van der Waals surface area contributed by atoms with Gasteiger partial charge in [-0.1, -0.05) is 5.21 Å². The van der Waals surface area contributed by atoms with Gasteiger partial charge in [0, 0.05) is 6.54 Å². The minimum atomic E-state index is -1.08. The summed E-state index contributed by atoms with van der Waals surface area (Å²) in [5.41, 5.74) is 1.80. The minimum absolute atomic E-state index is 0.0441. The maximum Gasteiger partial charge on any atom is 0.202 e. The molecule has 0 saturated carbocycles. The van der Waals surface area contributed by atoms with Crippen LogP contribution in [-0.4, -0.2) is 48.0 Å². The topological polar surface area (TPSA) is 147 Å². The predicted octanol–water partition coefficient (Wildman–Crippen LogP) is 1.96. The summed E-state index contributed by atoms with van der Waals surface area (Å²) in [6.07, 6.45) is 1.64. The van der Waals surface area contributed by atoms with E-state index in [1.165, 1.54) is 18.2 Å². The van der Waals surface area contributed by atoms with Gasteiger partial charge in [-0.3, -0.25) is 15.4 Å². The number of anilines is 1. The van der Waals surface area contributed by atoms with Gasteiger partial charge < -0.3 is 10.4 Å². The maximum atomic E-state index is 13.4. The van der Waals surface area contributed by atoms with Crippen LogP contribution in [0.3, 0.4) is 0 Å². The third-order valence-corrected chi connectivity index (χ3v) is 4.37. The molecular formula is C16H18BrFN8O3. The van der Waals surface area contributed by atoms with Crippen molar-refractivity contribution >= 4 is 33.3 Å². The molecule has 2 aromatic heterocycles. The van der Waals surface area contributed by atoms with E-state index in [4.69, 9.17) is 4.63 Å². The Labute approximate surface area is 172 Å². The van der Waals surface area contributed by atoms with Crippen molar-refractivity contribution in [3.8, 4) is 0 Å². The standard InChI is InChI=1S/C16H18BrFN8O3/c1-16(2,27)12-8-26(25-21-12)6-5-19-14-13(23-29-24-14)15(22-28)20-9-3-4-11(18)10(17)7-9/h3-4,7-8,27-28H,5-6H2,1-2H3,(H,19,24)(H,20,22). The maximum absolute atomic E-state index is 13.4. The third kappa shape index (κ3) is 5.13. The predicted molar refractivity (Wildman–Crippen MR) is 103 cm³/mol. The van der Waals surface area contributed by atoms with Crippen LogP contribution in [0.1, 0.15) is 25.2 Å². The molecule has 0 unspecified atom stereocenters. The monoisotopic (exact) mass is 468 g/mol. The summed E-state index contributed by atoms with van der Waals surface area (Å²) in [6, 6.07) is 4.11. The van der Waals surface area contributed by atoms with Crippen molar-refractivity contribution in [3.05, 3.63) is 46.1 Å². The number of halogens is 2. The summed E-state index contributed by atoms with van der Waals surface area (Å²) in [4.78, 5) is 4.18. The number of aliphatic imine (C=N–C) groups is 1. The molecule has 0 aliphatic carbocycles. The van der Waals surface area contributed by atoms with Gasteiger partial charge >= 0.3 is 0 Å². The largest absolute Gasteiger partial charge is 0.384 e. The highest BCUT2D eigenvalue weighted by molar-refractivity contribution is 9.10. The molecule has 0 bridgehead atoms. The Morgan fingerprint density at radius 1 is 1.38 bits per heavy atom. The van der Waals surface area contributed by atoms with Gasteiger partial charge in [-0.25, -0.2) is 14.0 Å². The van der Waals surface area contributed by atoms with E-state index in [-0.39, 0.29) is 21.8 Å². The molecule has 154 valence electrons. The van der Waals surface area contributed by atoms with E-state index in [0.29, 0.717) is 24.5 Å². The van der Waals surface area contributed by atoms with E-state index < -0.39 is 11.4 Å². The second-order valence-corrected chi connectivity index (χ2v) is 7.34. The summed E-state index contributed by atoms with van der Waals surface area (Å²) in [6.45, 7) is 4.03. The molecule has 1 aromatic carbocycles. The zero-order valence-corrected chi connectivity index (χ0v) is 17.1. The van der Waals surface area contributed by atoms with Crippen molar-refractivity contribution in [1.82, 2.24) is 30.8 Å². The van der Waals surface area contributed by atoms with Gasteiger partial charge in [-0.05, 0) is 58.3 Å². The summed E-state index contributed by atoms with van der Waals surface area (Å²) < 4.78 is 19.9. The molecule has 0 aliphatic heterocycles. The number of nitrogens with zero attached hydrogens (tertiary/aromatic N) is 6. The lowest BCUT2D eigenvalue weighted by Crippen LogP contribution is -2.22. The molecule has 0 spiro atoms. The Kier molecular flexibility index (Phi) is 6.20. The van der Waals surface area contributed by atoms with E-state index in [1.54, 1.807) is 24.7 Å². The normalized spacial score (nSPS) is 12.3. The van der Waals surface area contributed by atoms with Gasteiger partial charge in [0.05, 0.1) is 22.9 Å². The Bertz CT molecular complexity index is 1010. The van der Waals surface area contributed by atoms with E-state index in [9.17, 15) is 14.7 Å². The van der Waals surface area contributed by atoms with Gasteiger partial charge in [0.25, 0.3) is 0 Å². The number of amidine groups is 1. The molecule has 0 saturated heterocycles. The lowest BCUT2D eigenvalue weighted by Gasteiger charge is -2.11. The molecule has 29 heavy (non-hydrogen) atoms. The highest BCUT2D eigenvalue weighted by Gasteiger charge is 2.20. The fraction of sp³-hybridized carbons (Fsp3) is 0.312. The number of aliphatic hydroxyl groups is 1. The number of hydrogen-bond donors (Lipinski definition) is 4. The van der Waals surface area contributed by atoms with Crippen LogP contribution in [0, 0.1) is 5.82 Å². The van der Waals surface area contributed by atoms with Crippen LogP contribution in [0.15, 0.2) is 38.5 Å². The van der Waals surface area contributed by atoms with Crippen LogP contribution in [-0.2, 0) is 12.1 Å². The molecule has 0 aliphatic rings. The average molecular weight is 469 g/mol. The lowest BCUT2D eigenvalue weighted by molar-refractivity contribution is 0.0737. The Morgan fingerprint density at radius 2 is 2.17 bits per heavy atom. The number of aromatic nitrogens is 5. The molecule has 0 amide bonds. The summed E-state index contributed by atoms with van der Waals surface area (Å²) in [5.74, 6) is -0.250. The lowest BCUT2D eigenvalue weighted by atomic mass is 10.1. The zero-order valence-electron chi connectivity index (χ0n) is 15.5. The van der Waals surface area contributed by atoms with Crippen LogP contribution in [0.25, 0.3) is 0 Å². The van der Waals surface area contributed by atoms with E-state index in [0.717, 1.165) is 0 Å². The Balaban J connectivity index is 1.70. The number of nitrogens with one attached hydrogen (secondary N) is 2. The highest BCUT2D eigenvalue weighted by atomic mass is 79.9. The van der Waals surface area contributed by atoms with Crippen LogP contribution < -0.4 is 10.8 Å². The minimum Gasteiger partial charge on any atom is -0.384 e. The van der Waals surface area contributed by atoms with Gasteiger partial charge in [0.1, 0.15) is 17.1 Å². The SMILES string of the molecule is CC(C)(O)c1cn(CCNc2nonc2C(=Nc2ccc(F)c(Br)c2)NO)nn1. The molecule has 2 heterocycles. The summed E-state index contributed by atoms with van der Waals surface area (Å²) >= 11 is 3.08. The third-order valence-electron chi connectivity index (χ3n) is 3.76. The Hall–Kier alpha value is -2.90. The van der Waals surface area contributed by atoms with Crippen molar-refractivity contribution in [3.63, 3.8) is 0 Å². The summed E-state index contributed by atoms with van der Waals surface area (Å²) in [5, 5.41) is 37.7. The molecule has 0 atom stereocenters. The van der Waals surface area contributed by atoms with Crippen molar-refractivity contribution in [2.24, 2.45) is 4.99 Å². The molecule has 0 fully saturated rings. The van der Waals surface area contributed by atoms with Crippen molar-refractivity contribution in [2.75, 3.05) is 11.9 Å². The van der Waals surface area contributed by atoms with Gasteiger partial charge in [-0.2, -0.15) is 0 Å². The molecule has 11 nitrogen and oxygen atoms in total. The van der Waals surface area contributed by atoms with Gasteiger partial charge in [-0.15, -0.1) is 5.10 Å². The molecular weight excluding hydrogens is 451 g/mol. The molecule has 3 aromatic rings. The first kappa shape index (κ1) is 20.8. The van der Waals surface area contributed by atoms with Gasteiger partial charge in [0.2, 0.25) is 5.82 Å². The zero-order chi connectivity index (χ0) is 21.0. The van der Waals surface area contributed by atoms with Crippen LogP contribution in [0.4, 0.5) is 15.9 Å². The second-order valence-electron chi connectivity index (χ2n) is 6.48. The fourth-order valence-electron chi connectivity index (χ4n) is 2.25. The highest BCUT2D eigenvalue weighted by Crippen LogP contribution is 2.23. The number of hydrogen-bond acceptors (Lipinski definition) is 9. The number of benzene rings is 1. The van der Waals surface area contributed by atoms with Gasteiger partial charge in [0.15, 0.2) is 11.5 Å². The average Bonchev–Trinajstić information content (AvgIpc) is 3.32. The number of rotatable bonds is 7. The van der Waals surface area contributed by atoms with E-state index in [1.807, 2.05) is 5.48 Å². The van der Waals surface area contributed by atoms with Crippen LogP contribution in [0.5, 0.6) is 0 Å².